The highest BCUT2D eigenvalue weighted by molar-refractivity contribution is 9.10. The summed E-state index contributed by atoms with van der Waals surface area (Å²) in [4.78, 5) is 34.2. The van der Waals surface area contributed by atoms with Crippen molar-refractivity contribution in [1.82, 2.24) is 19.8 Å². The van der Waals surface area contributed by atoms with Gasteiger partial charge in [-0.25, -0.2) is 4.98 Å². The van der Waals surface area contributed by atoms with E-state index in [9.17, 15) is 9.59 Å². The van der Waals surface area contributed by atoms with Gasteiger partial charge in [0.15, 0.2) is 0 Å². The summed E-state index contributed by atoms with van der Waals surface area (Å²) in [6.45, 7) is 4.53. The van der Waals surface area contributed by atoms with Gasteiger partial charge in [-0.05, 0) is 34.1 Å². The maximum Gasteiger partial charge on any atom is 0.269 e. The monoisotopic (exact) mass is 493 g/mol. The Bertz CT molecular complexity index is 1040. The number of amides is 2. The molecule has 0 spiro atoms. The second kappa shape index (κ2) is 8.88. The molecular weight excluding hydrogens is 474 g/mol. The van der Waals surface area contributed by atoms with Crippen molar-refractivity contribution in [3.8, 4) is 0 Å². The minimum atomic E-state index is -0.269. The molecule has 1 aliphatic rings. The predicted molar refractivity (Wildman–Crippen MR) is 119 cm³/mol. The molecule has 2 heterocycles. The first-order valence-corrected chi connectivity index (χ1v) is 10.2. The number of aromatic nitrogens is 2. The number of aliphatic imine (C=N–C) groups is 1. The third-order valence-corrected chi connectivity index (χ3v) is 5.98. The van der Waals surface area contributed by atoms with Gasteiger partial charge in [0, 0.05) is 35.9 Å². The van der Waals surface area contributed by atoms with Gasteiger partial charge in [-0.1, -0.05) is 18.2 Å². The number of benzene rings is 1. The molecule has 2 aromatic rings. The van der Waals surface area contributed by atoms with Gasteiger partial charge in [-0.3, -0.25) is 14.6 Å². The first kappa shape index (κ1) is 21.8. The molecule has 30 heavy (non-hydrogen) atoms. The number of amidine groups is 1. The maximum atomic E-state index is 12.5. The molecule has 158 valence electrons. The first-order chi connectivity index (χ1) is 14.2. The fourth-order valence-electron chi connectivity index (χ4n) is 2.97. The lowest BCUT2D eigenvalue weighted by molar-refractivity contribution is -0.130. The Morgan fingerprint density at radius 3 is 2.83 bits per heavy atom. The van der Waals surface area contributed by atoms with Crippen LogP contribution in [-0.4, -0.2) is 51.2 Å². The third-order valence-electron chi connectivity index (χ3n) is 4.78. The summed E-state index contributed by atoms with van der Waals surface area (Å²) in [5, 5.41) is 3.36. The number of rotatable bonds is 6. The van der Waals surface area contributed by atoms with E-state index >= 15 is 0 Å². The molecule has 5 N–H and O–H groups in total. The van der Waals surface area contributed by atoms with E-state index < -0.39 is 0 Å². The summed E-state index contributed by atoms with van der Waals surface area (Å²) in [5.41, 5.74) is 13.4. The van der Waals surface area contributed by atoms with Crippen molar-refractivity contribution < 1.29 is 9.59 Å². The van der Waals surface area contributed by atoms with E-state index in [1.54, 1.807) is 28.6 Å². The van der Waals surface area contributed by atoms with Crippen molar-refractivity contribution in [3.05, 3.63) is 57.6 Å². The van der Waals surface area contributed by atoms with Crippen LogP contribution >= 0.6 is 27.5 Å². The van der Waals surface area contributed by atoms with Crippen molar-refractivity contribution in [2.75, 3.05) is 18.8 Å². The molecule has 0 aliphatic carbocycles. The van der Waals surface area contributed by atoms with Crippen LogP contribution in [0.1, 0.15) is 21.9 Å². The molecule has 9 nitrogen and oxygen atoms in total. The van der Waals surface area contributed by atoms with E-state index in [-0.39, 0.29) is 30.2 Å². The molecule has 2 amide bonds. The SMILES string of the molecule is C=CC(=O)N1CC(NC(=O)c2cnc(CN=C(N)c3cc(Br)c(Cl)cc3N)n2C)C1. The highest BCUT2D eigenvalue weighted by atomic mass is 79.9. The molecule has 1 aromatic heterocycles. The zero-order chi connectivity index (χ0) is 22.0. The summed E-state index contributed by atoms with van der Waals surface area (Å²) >= 11 is 9.35. The van der Waals surface area contributed by atoms with Crippen molar-refractivity contribution >= 4 is 50.9 Å². The molecule has 0 saturated carbocycles. The highest BCUT2D eigenvalue weighted by Crippen LogP contribution is 2.27. The summed E-state index contributed by atoms with van der Waals surface area (Å²) < 4.78 is 2.31. The molecule has 1 saturated heterocycles. The van der Waals surface area contributed by atoms with Crippen LogP contribution in [0.25, 0.3) is 0 Å². The average Bonchev–Trinajstić information content (AvgIpc) is 3.05. The lowest BCUT2D eigenvalue weighted by atomic mass is 10.1. The molecular formula is C19H21BrClN7O2. The molecule has 0 bridgehead atoms. The number of halogens is 2. The number of hydrogen-bond acceptors (Lipinski definition) is 5. The Kier molecular flexibility index (Phi) is 6.47. The van der Waals surface area contributed by atoms with Crippen molar-refractivity contribution in [2.45, 2.75) is 12.6 Å². The summed E-state index contributed by atoms with van der Waals surface area (Å²) in [7, 11) is 1.73. The lowest BCUT2D eigenvalue weighted by Gasteiger charge is -2.38. The van der Waals surface area contributed by atoms with E-state index in [0.29, 0.717) is 45.4 Å². The number of likely N-dealkylation sites (tertiary alicyclic amines) is 1. The molecule has 0 atom stereocenters. The maximum absolute atomic E-state index is 12.5. The number of nitrogens with two attached hydrogens (primary N) is 2. The average molecular weight is 495 g/mol. The Balaban J connectivity index is 1.65. The second-order valence-electron chi connectivity index (χ2n) is 6.79. The Morgan fingerprint density at radius 1 is 1.47 bits per heavy atom. The quantitative estimate of drug-likeness (QED) is 0.242. The number of carbonyl (C=O) groups is 2. The topological polar surface area (TPSA) is 132 Å². The van der Waals surface area contributed by atoms with Gasteiger partial charge in [0.2, 0.25) is 5.91 Å². The van der Waals surface area contributed by atoms with Gasteiger partial charge in [0.25, 0.3) is 5.91 Å². The van der Waals surface area contributed by atoms with Crippen molar-refractivity contribution in [3.63, 3.8) is 0 Å². The van der Waals surface area contributed by atoms with Gasteiger partial charge < -0.3 is 26.3 Å². The number of anilines is 1. The summed E-state index contributed by atoms with van der Waals surface area (Å²) in [5.74, 6) is 0.383. The zero-order valence-corrected chi connectivity index (χ0v) is 18.6. The van der Waals surface area contributed by atoms with Gasteiger partial charge in [0.1, 0.15) is 17.4 Å². The van der Waals surface area contributed by atoms with Gasteiger partial charge >= 0.3 is 0 Å². The van der Waals surface area contributed by atoms with Crippen LogP contribution in [0.3, 0.4) is 0 Å². The summed E-state index contributed by atoms with van der Waals surface area (Å²) in [6, 6.07) is 3.20. The number of carbonyl (C=O) groups excluding carboxylic acids is 2. The number of imidazole rings is 1. The van der Waals surface area contributed by atoms with E-state index in [0.717, 1.165) is 0 Å². The third kappa shape index (κ3) is 4.49. The van der Waals surface area contributed by atoms with Crippen LogP contribution in [0.2, 0.25) is 5.02 Å². The van der Waals surface area contributed by atoms with Crippen molar-refractivity contribution in [1.29, 1.82) is 0 Å². The fourth-order valence-corrected chi connectivity index (χ4v) is 3.48. The molecule has 1 fully saturated rings. The lowest BCUT2D eigenvalue weighted by Crippen LogP contribution is -2.60. The van der Waals surface area contributed by atoms with Crippen LogP contribution in [0.15, 0.2) is 40.4 Å². The second-order valence-corrected chi connectivity index (χ2v) is 8.05. The first-order valence-electron chi connectivity index (χ1n) is 8.98. The van der Waals surface area contributed by atoms with Crippen LogP contribution in [-0.2, 0) is 18.4 Å². The van der Waals surface area contributed by atoms with Gasteiger partial charge in [0.05, 0.1) is 23.8 Å². The zero-order valence-electron chi connectivity index (χ0n) is 16.2. The number of hydrogen-bond donors (Lipinski definition) is 3. The number of nitrogen functional groups attached to an aromatic ring is 1. The Morgan fingerprint density at radius 2 is 2.17 bits per heavy atom. The van der Waals surface area contributed by atoms with Crippen LogP contribution < -0.4 is 16.8 Å². The molecule has 3 rings (SSSR count). The fraction of sp³-hybridized carbons (Fsp3) is 0.263. The minimum absolute atomic E-state index is 0.0975. The number of nitrogens with one attached hydrogen (secondary N) is 1. The van der Waals surface area contributed by atoms with Crippen LogP contribution in [0.5, 0.6) is 0 Å². The largest absolute Gasteiger partial charge is 0.398 e. The molecule has 1 aromatic carbocycles. The van der Waals surface area contributed by atoms with Gasteiger partial charge in [-0.2, -0.15) is 0 Å². The standard InChI is InChI=1S/C19H21BrClN7O2/c1-3-17(29)28-8-10(9-28)26-19(30)15-6-24-16(27(15)2)7-25-18(23)11-4-12(20)13(21)5-14(11)22/h3-6,10H,1,7-9,22H2,2H3,(H2,23,25)(H,26,30). The Hall–Kier alpha value is -2.85. The highest BCUT2D eigenvalue weighted by Gasteiger charge is 2.31. The Labute approximate surface area is 186 Å². The predicted octanol–water partition coefficient (Wildman–Crippen LogP) is 1.45. The van der Waals surface area contributed by atoms with E-state index in [4.69, 9.17) is 23.1 Å². The van der Waals surface area contributed by atoms with Crippen LogP contribution in [0.4, 0.5) is 5.69 Å². The van der Waals surface area contributed by atoms with E-state index in [1.165, 1.54) is 12.3 Å². The normalized spacial score (nSPS) is 14.4. The molecule has 0 unspecified atom stereocenters. The van der Waals surface area contributed by atoms with E-state index in [1.807, 2.05) is 0 Å². The number of nitrogens with zero attached hydrogens (tertiary/aromatic N) is 4. The molecule has 0 radical (unpaired) electrons. The smallest absolute Gasteiger partial charge is 0.269 e. The summed E-state index contributed by atoms with van der Waals surface area (Å²) in [6.07, 6.45) is 2.74. The van der Waals surface area contributed by atoms with Crippen LogP contribution in [0, 0.1) is 0 Å². The van der Waals surface area contributed by atoms with E-state index in [2.05, 4.69) is 37.8 Å². The molecule has 1 aliphatic heterocycles. The molecule has 11 heteroatoms. The van der Waals surface area contributed by atoms with Crippen molar-refractivity contribution in [2.24, 2.45) is 17.8 Å². The minimum Gasteiger partial charge on any atom is -0.398 e. The van der Waals surface area contributed by atoms with Gasteiger partial charge in [-0.15, -0.1) is 0 Å².